The summed E-state index contributed by atoms with van der Waals surface area (Å²) in [6, 6.07) is 3.62. The van der Waals surface area contributed by atoms with Crippen molar-refractivity contribution in [1.82, 2.24) is 14.5 Å². The van der Waals surface area contributed by atoms with E-state index in [0.29, 0.717) is 0 Å². The van der Waals surface area contributed by atoms with Gasteiger partial charge in [0, 0.05) is 12.7 Å². The van der Waals surface area contributed by atoms with Gasteiger partial charge in [-0.2, -0.15) is 4.98 Å². The zero-order chi connectivity index (χ0) is 15.2. The molecule has 0 radical (unpaired) electrons. The number of aromatic nitrogens is 3. The van der Waals surface area contributed by atoms with E-state index in [1.54, 1.807) is 12.3 Å². The predicted octanol–water partition coefficient (Wildman–Crippen LogP) is 1.42. The van der Waals surface area contributed by atoms with E-state index in [1.165, 1.54) is 10.8 Å². The van der Waals surface area contributed by atoms with Gasteiger partial charge < -0.3 is 5.32 Å². The quantitative estimate of drug-likeness (QED) is 0.637. The number of hydrogen-bond acceptors (Lipinski definition) is 6. The third kappa shape index (κ3) is 3.85. The summed E-state index contributed by atoms with van der Waals surface area (Å²) in [7, 11) is 0. The van der Waals surface area contributed by atoms with E-state index in [2.05, 4.69) is 22.2 Å². The second kappa shape index (κ2) is 6.60. The lowest BCUT2D eigenvalue weighted by atomic mass is 10.2. The third-order valence-electron chi connectivity index (χ3n) is 2.79. The molecule has 0 atom stereocenters. The Balaban J connectivity index is 2.16. The summed E-state index contributed by atoms with van der Waals surface area (Å²) in [5, 5.41) is 13.8. The molecule has 8 heteroatoms. The molecule has 0 spiro atoms. The van der Waals surface area contributed by atoms with Gasteiger partial charge in [-0.1, -0.05) is 13.0 Å². The summed E-state index contributed by atoms with van der Waals surface area (Å²) >= 11 is 0. The Hall–Kier alpha value is -2.77. The number of nitro groups is 1. The Labute approximate surface area is 120 Å². The van der Waals surface area contributed by atoms with Gasteiger partial charge in [0.2, 0.25) is 0 Å². The highest BCUT2D eigenvalue weighted by atomic mass is 16.6. The maximum atomic E-state index is 11.6. The van der Waals surface area contributed by atoms with Crippen molar-refractivity contribution in [3.05, 3.63) is 56.9 Å². The Bertz CT molecular complexity index is 681. The average molecular weight is 289 g/mol. The fraction of sp³-hybridized carbons (Fsp3) is 0.308. The fourth-order valence-electron chi connectivity index (χ4n) is 1.72. The molecule has 21 heavy (non-hydrogen) atoms. The molecule has 1 N–H and O–H groups in total. The van der Waals surface area contributed by atoms with Crippen molar-refractivity contribution in [2.75, 3.05) is 11.9 Å². The van der Waals surface area contributed by atoms with E-state index in [9.17, 15) is 14.9 Å². The Morgan fingerprint density at radius 3 is 2.76 bits per heavy atom. The van der Waals surface area contributed by atoms with Crippen LogP contribution in [0, 0.1) is 10.1 Å². The van der Waals surface area contributed by atoms with E-state index in [-0.39, 0.29) is 12.2 Å². The maximum absolute atomic E-state index is 11.6. The minimum atomic E-state index is -0.584. The average Bonchev–Trinajstić information content (AvgIpc) is 2.48. The van der Waals surface area contributed by atoms with E-state index < -0.39 is 10.6 Å². The highest BCUT2D eigenvalue weighted by Gasteiger charge is 2.09. The van der Waals surface area contributed by atoms with Crippen LogP contribution in [0.4, 0.5) is 11.5 Å². The van der Waals surface area contributed by atoms with Crippen LogP contribution in [-0.2, 0) is 6.54 Å². The summed E-state index contributed by atoms with van der Waals surface area (Å²) in [6.45, 7) is 3.08. The predicted molar refractivity (Wildman–Crippen MR) is 77.3 cm³/mol. The number of rotatable bonds is 6. The molecule has 0 saturated carbocycles. The number of anilines is 1. The van der Waals surface area contributed by atoms with Crippen LogP contribution in [-0.4, -0.2) is 26.0 Å². The maximum Gasteiger partial charge on any atom is 0.348 e. The van der Waals surface area contributed by atoms with Crippen LogP contribution in [0.15, 0.2) is 35.5 Å². The third-order valence-corrected chi connectivity index (χ3v) is 2.79. The first-order valence-electron chi connectivity index (χ1n) is 6.50. The molecule has 2 aromatic rings. The minimum Gasteiger partial charge on any atom is -0.370 e. The van der Waals surface area contributed by atoms with E-state index >= 15 is 0 Å². The molecular formula is C13H15N5O3. The summed E-state index contributed by atoms with van der Waals surface area (Å²) in [4.78, 5) is 29.4. The lowest BCUT2D eigenvalue weighted by Crippen LogP contribution is -2.23. The number of pyridine rings is 1. The van der Waals surface area contributed by atoms with Gasteiger partial charge in [-0.15, -0.1) is 0 Å². The van der Waals surface area contributed by atoms with Gasteiger partial charge in [0.1, 0.15) is 12.0 Å². The van der Waals surface area contributed by atoms with Crippen molar-refractivity contribution in [1.29, 1.82) is 0 Å². The smallest absolute Gasteiger partial charge is 0.348 e. The summed E-state index contributed by atoms with van der Waals surface area (Å²) in [5.74, 6) is 0.755. The van der Waals surface area contributed by atoms with E-state index in [4.69, 9.17) is 0 Å². The number of nitrogens with one attached hydrogen (secondary N) is 1. The molecule has 0 fully saturated rings. The van der Waals surface area contributed by atoms with Gasteiger partial charge in [-0.25, -0.2) is 9.78 Å². The van der Waals surface area contributed by atoms with Crippen LogP contribution in [0.25, 0.3) is 0 Å². The first-order valence-corrected chi connectivity index (χ1v) is 6.50. The molecule has 2 rings (SSSR count). The van der Waals surface area contributed by atoms with Crippen molar-refractivity contribution in [3.63, 3.8) is 0 Å². The van der Waals surface area contributed by atoms with Crippen LogP contribution >= 0.6 is 0 Å². The normalized spacial score (nSPS) is 10.3. The molecule has 0 amide bonds. The summed E-state index contributed by atoms with van der Waals surface area (Å²) in [5.41, 5.74) is 0.0130. The van der Waals surface area contributed by atoms with E-state index in [1.807, 2.05) is 6.07 Å². The minimum absolute atomic E-state index is 0.189. The van der Waals surface area contributed by atoms with Crippen LogP contribution < -0.4 is 11.0 Å². The second-order valence-corrected chi connectivity index (χ2v) is 4.46. The zero-order valence-electron chi connectivity index (χ0n) is 11.5. The second-order valence-electron chi connectivity index (χ2n) is 4.46. The highest BCUT2D eigenvalue weighted by Crippen LogP contribution is 2.09. The Morgan fingerprint density at radius 1 is 1.33 bits per heavy atom. The first-order chi connectivity index (χ1) is 10.1. The molecule has 0 aliphatic carbocycles. The molecule has 110 valence electrons. The zero-order valence-corrected chi connectivity index (χ0v) is 11.5. The van der Waals surface area contributed by atoms with Crippen LogP contribution in [0.3, 0.4) is 0 Å². The molecule has 8 nitrogen and oxygen atoms in total. The lowest BCUT2D eigenvalue weighted by Gasteiger charge is -2.06. The fourth-order valence-corrected chi connectivity index (χ4v) is 1.72. The van der Waals surface area contributed by atoms with Crippen molar-refractivity contribution in [3.8, 4) is 0 Å². The van der Waals surface area contributed by atoms with Crippen LogP contribution in [0.2, 0.25) is 0 Å². The molecule has 0 aliphatic heterocycles. The number of nitrogens with zero attached hydrogens (tertiary/aromatic N) is 4. The van der Waals surface area contributed by atoms with Gasteiger partial charge in [0.25, 0.3) is 0 Å². The van der Waals surface area contributed by atoms with Crippen molar-refractivity contribution >= 4 is 11.5 Å². The molecule has 0 bridgehead atoms. The first kappa shape index (κ1) is 14.6. The Kier molecular flexibility index (Phi) is 4.60. The largest absolute Gasteiger partial charge is 0.370 e. The standard InChI is InChI=1S/C13H15N5O3/c1-2-5-14-12-4-3-10(6-15-12)8-17-9-11(18(20)21)7-16-13(17)19/h3-4,6-7,9H,2,5,8H2,1H3,(H,14,15). The summed E-state index contributed by atoms with van der Waals surface area (Å²) < 4.78 is 1.19. The molecule has 0 unspecified atom stereocenters. The van der Waals surface area contributed by atoms with Crippen molar-refractivity contribution in [2.45, 2.75) is 19.9 Å². The molecule has 2 heterocycles. The van der Waals surface area contributed by atoms with Gasteiger partial charge in [0.15, 0.2) is 0 Å². The van der Waals surface area contributed by atoms with Crippen molar-refractivity contribution in [2.24, 2.45) is 0 Å². The summed E-state index contributed by atoms with van der Waals surface area (Å²) in [6.07, 6.45) is 4.76. The molecule has 0 aliphatic rings. The van der Waals surface area contributed by atoms with Crippen LogP contribution in [0.1, 0.15) is 18.9 Å². The van der Waals surface area contributed by atoms with Gasteiger partial charge >= 0.3 is 11.4 Å². The molecule has 0 saturated heterocycles. The lowest BCUT2D eigenvalue weighted by molar-refractivity contribution is -0.385. The highest BCUT2D eigenvalue weighted by molar-refractivity contribution is 5.35. The van der Waals surface area contributed by atoms with E-state index in [0.717, 1.165) is 30.5 Å². The van der Waals surface area contributed by atoms with Gasteiger partial charge in [0.05, 0.1) is 17.7 Å². The number of hydrogen-bond donors (Lipinski definition) is 1. The molecule has 0 aromatic carbocycles. The Morgan fingerprint density at radius 2 is 2.14 bits per heavy atom. The molecular weight excluding hydrogens is 274 g/mol. The van der Waals surface area contributed by atoms with Crippen LogP contribution in [0.5, 0.6) is 0 Å². The molecule has 2 aromatic heterocycles. The topological polar surface area (TPSA) is 103 Å². The van der Waals surface area contributed by atoms with Gasteiger partial charge in [-0.3, -0.25) is 14.7 Å². The SMILES string of the molecule is CCCNc1ccc(Cn2cc([N+](=O)[O-])cnc2=O)cn1. The monoisotopic (exact) mass is 289 g/mol. The van der Waals surface area contributed by atoms with Crippen molar-refractivity contribution < 1.29 is 4.92 Å². The van der Waals surface area contributed by atoms with Gasteiger partial charge in [-0.05, 0) is 18.1 Å².